The molecule has 0 spiro atoms. The first-order valence-corrected chi connectivity index (χ1v) is 6.02. The van der Waals surface area contributed by atoms with Crippen molar-refractivity contribution in [2.24, 2.45) is 0 Å². The highest BCUT2D eigenvalue weighted by molar-refractivity contribution is 5.96. The number of benzene rings is 1. The zero-order chi connectivity index (χ0) is 13.0. The number of aromatic carboxylic acids is 1. The van der Waals surface area contributed by atoms with Crippen LogP contribution in [0.4, 0.5) is 0 Å². The average molecular weight is 248 g/mol. The Balaban J connectivity index is 1.97. The molecule has 0 saturated carbocycles. The summed E-state index contributed by atoms with van der Waals surface area (Å²) in [5, 5.41) is 15.0. The van der Waals surface area contributed by atoms with Crippen LogP contribution in [0.3, 0.4) is 0 Å². The van der Waals surface area contributed by atoms with E-state index in [1.807, 2.05) is 0 Å². The quantitative estimate of drug-likeness (QED) is 0.741. The largest absolute Gasteiger partial charge is 0.478 e. The SMILES string of the molecule is O=C(O)c1ccc(C(=O)NC2CCNCC2)cc1. The third kappa shape index (κ3) is 3.07. The Morgan fingerprint density at radius 2 is 1.67 bits per heavy atom. The Morgan fingerprint density at radius 3 is 2.22 bits per heavy atom. The van der Waals surface area contributed by atoms with Gasteiger partial charge in [-0.25, -0.2) is 4.79 Å². The molecule has 1 saturated heterocycles. The van der Waals surface area contributed by atoms with Gasteiger partial charge in [-0.15, -0.1) is 0 Å². The number of carbonyl (C=O) groups excluding carboxylic acids is 1. The molecule has 1 aromatic carbocycles. The molecule has 0 aliphatic carbocycles. The van der Waals surface area contributed by atoms with Gasteiger partial charge in [-0.05, 0) is 50.2 Å². The summed E-state index contributed by atoms with van der Waals surface area (Å²) in [4.78, 5) is 22.6. The van der Waals surface area contributed by atoms with Gasteiger partial charge in [0.1, 0.15) is 0 Å². The number of carboxylic acid groups (broad SMARTS) is 1. The molecule has 0 radical (unpaired) electrons. The van der Waals surface area contributed by atoms with Gasteiger partial charge >= 0.3 is 5.97 Å². The number of nitrogens with one attached hydrogen (secondary N) is 2. The van der Waals surface area contributed by atoms with E-state index in [0.717, 1.165) is 25.9 Å². The summed E-state index contributed by atoms with van der Waals surface area (Å²) in [6, 6.07) is 6.18. The van der Waals surface area contributed by atoms with Gasteiger partial charge in [0.2, 0.25) is 0 Å². The van der Waals surface area contributed by atoms with Crippen LogP contribution in [0.5, 0.6) is 0 Å². The monoisotopic (exact) mass is 248 g/mol. The fourth-order valence-electron chi connectivity index (χ4n) is 2.00. The second-order valence-corrected chi connectivity index (χ2v) is 4.38. The summed E-state index contributed by atoms with van der Waals surface area (Å²) in [5.74, 6) is -1.13. The summed E-state index contributed by atoms with van der Waals surface area (Å²) in [6.07, 6.45) is 1.86. The molecule has 18 heavy (non-hydrogen) atoms. The van der Waals surface area contributed by atoms with Crippen LogP contribution < -0.4 is 10.6 Å². The van der Waals surface area contributed by atoms with Crippen molar-refractivity contribution in [3.8, 4) is 0 Å². The van der Waals surface area contributed by atoms with Gasteiger partial charge in [0, 0.05) is 11.6 Å². The molecule has 1 fully saturated rings. The molecule has 1 aliphatic rings. The van der Waals surface area contributed by atoms with Crippen LogP contribution in [0.1, 0.15) is 33.6 Å². The van der Waals surface area contributed by atoms with Gasteiger partial charge in [-0.1, -0.05) is 0 Å². The minimum Gasteiger partial charge on any atom is -0.478 e. The summed E-state index contributed by atoms with van der Waals surface area (Å²) in [7, 11) is 0. The predicted molar refractivity (Wildman–Crippen MR) is 66.8 cm³/mol. The van der Waals surface area contributed by atoms with Gasteiger partial charge in [0.25, 0.3) is 5.91 Å². The van der Waals surface area contributed by atoms with E-state index in [2.05, 4.69) is 10.6 Å². The Labute approximate surface area is 105 Å². The van der Waals surface area contributed by atoms with Crippen molar-refractivity contribution in [2.75, 3.05) is 13.1 Å². The van der Waals surface area contributed by atoms with Crippen LogP contribution in [0.2, 0.25) is 0 Å². The summed E-state index contributed by atoms with van der Waals surface area (Å²) >= 11 is 0. The molecule has 1 heterocycles. The first kappa shape index (κ1) is 12.6. The number of carboxylic acids is 1. The molecule has 5 nitrogen and oxygen atoms in total. The van der Waals surface area contributed by atoms with Crippen LogP contribution in [0.25, 0.3) is 0 Å². The summed E-state index contributed by atoms with van der Waals surface area (Å²) < 4.78 is 0. The lowest BCUT2D eigenvalue weighted by molar-refractivity contribution is 0.0696. The topological polar surface area (TPSA) is 78.4 Å². The number of amides is 1. The molecule has 1 aromatic rings. The Bertz CT molecular complexity index is 436. The Hall–Kier alpha value is -1.88. The number of hydrogen-bond donors (Lipinski definition) is 3. The lowest BCUT2D eigenvalue weighted by atomic mass is 10.1. The van der Waals surface area contributed by atoms with Gasteiger partial charge in [-0.3, -0.25) is 4.79 Å². The minimum atomic E-state index is -0.986. The maximum Gasteiger partial charge on any atom is 0.335 e. The Kier molecular flexibility index (Phi) is 3.94. The fourth-order valence-corrected chi connectivity index (χ4v) is 2.00. The summed E-state index contributed by atoms with van der Waals surface area (Å²) in [5.41, 5.74) is 0.687. The van der Waals surface area contributed by atoms with Crippen molar-refractivity contribution in [1.29, 1.82) is 0 Å². The van der Waals surface area contributed by atoms with Crippen LogP contribution in [0, 0.1) is 0 Å². The number of hydrogen-bond acceptors (Lipinski definition) is 3. The molecular formula is C13H16N2O3. The van der Waals surface area contributed by atoms with Crippen molar-refractivity contribution in [3.63, 3.8) is 0 Å². The molecule has 0 bridgehead atoms. The molecule has 2 rings (SSSR count). The van der Waals surface area contributed by atoms with E-state index < -0.39 is 5.97 Å². The maximum atomic E-state index is 11.9. The van der Waals surface area contributed by atoms with E-state index >= 15 is 0 Å². The second-order valence-electron chi connectivity index (χ2n) is 4.38. The van der Waals surface area contributed by atoms with E-state index in [-0.39, 0.29) is 17.5 Å². The molecule has 0 atom stereocenters. The molecule has 3 N–H and O–H groups in total. The van der Waals surface area contributed by atoms with E-state index in [1.54, 1.807) is 12.1 Å². The molecule has 1 aliphatic heterocycles. The first-order chi connectivity index (χ1) is 8.66. The zero-order valence-electron chi connectivity index (χ0n) is 9.98. The Morgan fingerprint density at radius 1 is 1.11 bits per heavy atom. The highest BCUT2D eigenvalue weighted by Crippen LogP contribution is 2.07. The highest BCUT2D eigenvalue weighted by atomic mass is 16.4. The van der Waals surface area contributed by atoms with Crippen LogP contribution >= 0.6 is 0 Å². The molecule has 0 unspecified atom stereocenters. The predicted octanol–water partition coefficient (Wildman–Crippen LogP) is 0.867. The van der Waals surface area contributed by atoms with E-state index in [0.29, 0.717) is 5.56 Å². The van der Waals surface area contributed by atoms with Gasteiger partial charge in [-0.2, -0.15) is 0 Å². The van der Waals surface area contributed by atoms with E-state index in [9.17, 15) is 9.59 Å². The van der Waals surface area contributed by atoms with Crippen molar-refractivity contribution in [1.82, 2.24) is 10.6 Å². The highest BCUT2D eigenvalue weighted by Gasteiger charge is 2.16. The average Bonchev–Trinajstić information content (AvgIpc) is 2.40. The van der Waals surface area contributed by atoms with Crippen molar-refractivity contribution in [2.45, 2.75) is 18.9 Å². The van der Waals surface area contributed by atoms with Crippen molar-refractivity contribution in [3.05, 3.63) is 35.4 Å². The lowest BCUT2D eigenvalue weighted by Crippen LogP contribution is -2.42. The molecule has 96 valence electrons. The second kappa shape index (κ2) is 5.64. The smallest absolute Gasteiger partial charge is 0.335 e. The fraction of sp³-hybridized carbons (Fsp3) is 0.385. The summed E-state index contributed by atoms with van der Waals surface area (Å²) in [6.45, 7) is 1.84. The molecule has 1 amide bonds. The van der Waals surface area contributed by atoms with Gasteiger partial charge in [0.05, 0.1) is 5.56 Å². The zero-order valence-corrected chi connectivity index (χ0v) is 9.98. The van der Waals surface area contributed by atoms with Crippen molar-refractivity contribution >= 4 is 11.9 Å². The first-order valence-electron chi connectivity index (χ1n) is 6.02. The third-order valence-electron chi connectivity index (χ3n) is 3.07. The molecule has 5 heteroatoms. The van der Waals surface area contributed by atoms with E-state index in [1.165, 1.54) is 12.1 Å². The van der Waals surface area contributed by atoms with Crippen molar-refractivity contribution < 1.29 is 14.7 Å². The van der Waals surface area contributed by atoms with Gasteiger partial charge < -0.3 is 15.7 Å². The number of rotatable bonds is 3. The number of carbonyl (C=O) groups is 2. The maximum absolute atomic E-state index is 11.9. The molecular weight excluding hydrogens is 232 g/mol. The minimum absolute atomic E-state index is 0.140. The lowest BCUT2D eigenvalue weighted by Gasteiger charge is -2.23. The standard InChI is InChI=1S/C13H16N2O3/c16-12(15-11-5-7-14-8-6-11)9-1-3-10(4-2-9)13(17)18/h1-4,11,14H,5-8H2,(H,15,16)(H,17,18). The van der Waals surface area contributed by atoms with E-state index in [4.69, 9.17) is 5.11 Å². The van der Waals surface area contributed by atoms with Gasteiger partial charge in [0.15, 0.2) is 0 Å². The van der Waals surface area contributed by atoms with Crippen LogP contribution in [0.15, 0.2) is 24.3 Å². The van der Waals surface area contributed by atoms with Crippen LogP contribution in [-0.2, 0) is 0 Å². The van der Waals surface area contributed by atoms with Crippen LogP contribution in [-0.4, -0.2) is 36.1 Å². The normalized spacial score (nSPS) is 16.2. The number of piperidine rings is 1. The third-order valence-corrected chi connectivity index (χ3v) is 3.07. The molecule has 0 aromatic heterocycles.